The molecule has 0 radical (unpaired) electrons. The van der Waals surface area contributed by atoms with E-state index < -0.39 is 11.9 Å². The van der Waals surface area contributed by atoms with Gasteiger partial charge in [-0.15, -0.1) is 0 Å². The molecule has 5 aromatic rings. The van der Waals surface area contributed by atoms with Crippen LogP contribution in [0, 0.1) is 0 Å². The normalized spacial score (nSPS) is 11.1. The molecule has 1 heterocycles. The zero-order valence-corrected chi connectivity index (χ0v) is 24.0. The molecule has 200 valence electrons. The van der Waals surface area contributed by atoms with E-state index in [9.17, 15) is 9.59 Å². The van der Waals surface area contributed by atoms with Crippen LogP contribution in [-0.2, 0) is 0 Å². The fourth-order valence-electron chi connectivity index (χ4n) is 4.12. The topological polar surface area (TPSA) is 92.8 Å². The van der Waals surface area contributed by atoms with Crippen molar-refractivity contribution in [2.45, 2.75) is 0 Å². The third-order valence-corrected chi connectivity index (χ3v) is 7.17. The summed E-state index contributed by atoms with van der Waals surface area (Å²) in [4.78, 5) is 29.3. The zero-order valence-electron chi connectivity index (χ0n) is 20.9. The van der Waals surface area contributed by atoms with E-state index in [0.29, 0.717) is 27.5 Å². The summed E-state index contributed by atoms with van der Waals surface area (Å²) in [5.74, 6) is -0.241. The van der Waals surface area contributed by atoms with Crippen molar-refractivity contribution in [3.05, 3.63) is 116 Å². The number of hydrazone groups is 1. The van der Waals surface area contributed by atoms with Crippen LogP contribution >= 0.6 is 39.1 Å². The number of amides is 1. The number of hydrogen-bond donors (Lipinski definition) is 2. The van der Waals surface area contributed by atoms with Crippen LogP contribution in [0.5, 0.6) is 11.5 Å². The summed E-state index contributed by atoms with van der Waals surface area (Å²) in [6.45, 7) is 0. The maximum atomic E-state index is 13.4. The minimum Gasteiger partial charge on any atom is -0.497 e. The number of halogens is 3. The van der Waals surface area contributed by atoms with Crippen molar-refractivity contribution in [3.63, 3.8) is 0 Å². The first-order chi connectivity index (χ1) is 19.4. The number of H-pyrrole nitrogens is 1. The molecule has 0 atom stereocenters. The number of carbonyl (C=O) groups excluding carboxylic acids is 2. The number of benzene rings is 4. The van der Waals surface area contributed by atoms with Gasteiger partial charge in [-0.05, 0) is 54.6 Å². The van der Waals surface area contributed by atoms with Crippen LogP contribution in [0.1, 0.15) is 26.4 Å². The van der Waals surface area contributed by atoms with Crippen LogP contribution in [-0.4, -0.2) is 30.2 Å². The van der Waals surface area contributed by atoms with Crippen LogP contribution in [0.2, 0.25) is 10.0 Å². The molecule has 7 nitrogen and oxygen atoms in total. The van der Waals surface area contributed by atoms with E-state index in [1.165, 1.54) is 6.21 Å². The molecule has 1 amide bonds. The third kappa shape index (κ3) is 5.74. The maximum Gasteiger partial charge on any atom is 0.345 e. The molecule has 1 aromatic heterocycles. The molecule has 0 fully saturated rings. The number of nitrogens with zero attached hydrogens (tertiary/aromatic N) is 1. The molecular weight excluding hydrogens is 617 g/mol. The number of carbonyl (C=O) groups is 2. The van der Waals surface area contributed by atoms with Gasteiger partial charge in [-0.2, -0.15) is 5.10 Å². The van der Waals surface area contributed by atoms with E-state index >= 15 is 0 Å². The molecule has 5 rings (SSSR count). The lowest BCUT2D eigenvalue weighted by Gasteiger charge is -2.09. The van der Waals surface area contributed by atoms with Gasteiger partial charge in [-0.3, -0.25) is 4.79 Å². The molecule has 0 saturated heterocycles. The Hall–Kier alpha value is -4.11. The van der Waals surface area contributed by atoms with Gasteiger partial charge in [-0.25, -0.2) is 10.2 Å². The molecule has 0 aliphatic heterocycles. The summed E-state index contributed by atoms with van der Waals surface area (Å²) in [6, 6.07) is 24.4. The van der Waals surface area contributed by atoms with Crippen molar-refractivity contribution in [2.75, 3.05) is 7.11 Å². The van der Waals surface area contributed by atoms with Crippen molar-refractivity contribution < 1.29 is 19.1 Å². The number of aromatic amines is 1. The summed E-state index contributed by atoms with van der Waals surface area (Å²) < 4.78 is 11.7. The summed E-state index contributed by atoms with van der Waals surface area (Å²) in [5.41, 5.74) is 5.52. The maximum absolute atomic E-state index is 13.4. The monoisotopic (exact) mass is 635 g/mol. The van der Waals surface area contributed by atoms with Gasteiger partial charge in [0, 0.05) is 37.1 Å². The highest BCUT2D eigenvalue weighted by molar-refractivity contribution is 9.10. The molecule has 0 unspecified atom stereocenters. The standard InChI is InChI=1S/C30H20BrCl2N3O4/c1-39-19-11-12-25-22(15-19)27(20-6-2-4-8-23(20)32)28(35-25)29(37)36-34-16-17-14-18(31)10-13-26(17)40-30(38)21-7-3-5-9-24(21)33/h2-16,35H,1H3,(H,36,37). The first-order valence-electron chi connectivity index (χ1n) is 11.9. The van der Waals surface area contributed by atoms with Crippen molar-refractivity contribution in [1.29, 1.82) is 0 Å². The van der Waals surface area contributed by atoms with Crippen LogP contribution < -0.4 is 14.9 Å². The number of nitrogens with one attached hydrogen (secondary N) is 2. The van der Waals surface area contributed by atoms with Gasteiger partial charge in [0.05, 0.1) is 23.9 Å². The smallest absolute Gasteiger partial charge is 0.345 e. The van der Waals surface area contributed by atoms with E-state index in [0.717, 1.165) is 15.4 Å². The number of ether oxygens (including phenoxy) is 2. The third-order valence-electron chi connectivity index (χ3n) is 6.01. The number of aromatic nitrogens is 1. The minimum absolute atomic E-state index is 0.228. The predicted octanol–water partition coefficient (Wildman–Crippen LogP) is 7.90. The van der Waals surface area contributed by atoms with Gasteiger partial charge in [0.15, 0.2) is 0 Å². The van der Waals surface area contributed by atoms with Crippen molar-refractivity contribution in [2.24, 2.45) is 5.10 Å². The Morgan fingerprint density at radius 2 is 1.70 bits per heavy atom. The Kier molecular flexibility index (Phi) is 8.21. The second-order valence-electron chi connectivity index (χ2n) is 8.52. The fraction of sp³-hybridized carbons (Fsp3) is 0.0333. The summed E-state index contributed by atoms with van der Waals surface area (Å²) in [6.07, 6.45) is 1.39. The molecule has 0 bridgehead atoms. The second-order valence-corrected chi connectivity index (χ2v) is 10.2. The molecule has 10 heteroatoms. The van der Waals surface area contributed by atoms with Crippen molar-refractivity contribution >= 4 is 68.1 Å². The first kappa shape index (κ1) is 27.5. The Morgan fingerprint density at radius 3 is 2.45 bits per heavy atom. The number of fused-ring (bicyclic) bond motifs is 1. The Balaban J connectivity index is 1.45. The molecular formula is C30H20BrCl2N3O4. The number of esters is 1. The Bertz CT molecular complexity index is 1780. The zero-order chi connectivity index (χ0) is 28.2. The van der Waals surface area contributed by atoms with Crippen LogP contribution in [0.25, 0.3) is 22.0 Å². The molecule has 4 aromatic carbocycles. The number of hydrogen-bond acceptors (Lipinski definition) is 5. The van der Waals surface area contributed by atoms with Gasteiger partial charge in [0.1, 0.15) is 17.2 Å². The van der Waals surface area contributed by atoms with Gasteiger partial charge >= 0.3 is 5.97 Å². The Labute approximate surface area is 247 Å². The van der Waals surface area contributed by atoms with E-state index in [1.807, 2.05) is 30.3 Å². The molecule has 0 aliphatic rings. The fourth-order valence-corrected chi connectivity index (χ4v) is 4.95. The van der Waals surface area contributed by atoms with Crippen LogP contribution in [0.4, 0.5) is 0 Å². The van der Waals surface area contributed by atoms with Gasteiger partial charge < -0.3 is 14.5 Å². The van der Waals surface area contributed by atoms with E-state index in [1.54, 1.807) is 61.7 Å². The summed E-state index contributed by atoms with van der Waals surface area (Å²) in [5, 5.41) is 5.67. The van der Waals surface area contributed by atoms with Gasteiger partial charge in [0.2, 0.25) is 0 Å². The predicted molar refractivity (Wildman–Crippen MR) is 161 cm³/mol. The van der Waals surface area contributed by atoms with Crippen LogP contribution in [0.3, 0.4) is 0 Å². The number of methoxy groups -OCH3 is 1. The highest BCUT2D eigenvalue weighted by atomic mass is 79.9. The molecule has 0 saturated carbocycles. The van der Waals surface area contributed by atoms with E-state index in [2.05, 4.69) is 31.4 Å². The van der Waals surface area contributed by atoms with E-state index in [-0.39, 0.29) is 22.0 Å². The summed E-state index contributed by atoms with van der Waals surface area (Å²) in [7, 11) is 1.58. The summed E-state index contributed by atoms with van der Waals surface area (Å²) >= 11 is 16.1. The second kappa shape index (κ2) is 12.0. The van der Waals surface area contributed by atoms with Gasteiger partial charge in [0.25, 0.3) is 5.91 Å². The van der Waals surface area contributed by atoms with Gasteiger partial charge in [-0.1, -0.05) is 69.5 Å². The molecule has 2 N–H and O–H groups in total. The quantitative estimate of drug-likeness (QED) is 0.0822. The highest BCUT2D eigenvalue weighted by Crippen LogP contribution is 2.38. The molecule has 40 heavy (non-hydrogen) atoms. The SMILES string of the molecule is COc1ccc2[nH]c(C(=O)NN=Cc3cc(Br)ccc3OC(=O)c3ccccc3Cl)c(-c3ccccc3Cl)c2c1. The molecule has 0 spiro atoms. The number of rotatable bonds is 7. The first-order valence-corrected chi connectivity index (χ1v) is 13.4. The van der Waals surface area contributed by atoms with Crippen LogP contribution in [0.15, 0.2) is 94.5 Å². The highest BCUT2D eigenvalue weighted by Gasteiger charge is 2.21. The van der Waals surface area contributed by atoms with E-state index in [4.69, 9.17) is 32.7 Å². The largest absolute Gasteiger partial charge is 0.497 e. The lowest BCUT2D eigenvalue weighted by atomic mass is 10.0. The molecule has 0 aliphatic carbocycles. The lowest BCUT2D eigenvalue weighted by Crippen LogP contribution is -2.19. The lowest BCUT2D eigenvalue weighted by molar-refractivity contribution is 0.0734. The van der Waals surface area contributed by atoms with Crippen molar-refractivity contribution in [3.8, 4) is 22.6 Å². The average Bonchev–Trinajstić information content (AvgIpc) is 3.33. The van der Waals surface area contributed by atoms with Crippen molar-refractivity contribution in [1.82, 2.24) is 10.4 Å². The average molecular weight is 637 g/mol. The Morgan fingerprint density at radius 1 is 0.950 bits per heavy atom. The minimum atomic E-state index is -0.621.